The van der Waals surface area contributed by atoms with Crippen LogP contribution in [0.1, 0.15) is 20.9 Å². The van der Waals surface area contributed by atoms with E-state index in [2.05, 4.69) is 25.9 Å². The summed E-state index contributed by atoms with van der Waals surface area (Å²) in [6, 6.07) is 15.3. The van der Waals surface area contributed by atoms with E-state index < -0.39 is 23.2 Å². The van der Waals surface area contributed by atoms with Gasteiger partial charge >= 0.3 is 0 Å². The van der Waals surface area contributed by atoms with Crippen molar-refractivity contribution >= 4 is 44.5 Å². The number of carbonyl (C=O) groups excluding carboxylic acids is 1. The van der Waals surface area contributed by atoms with Crippen molar-refractivity contribution in [1.82, 2.24) is 24.9 Å². The van der Waals surface area contributed by atoms with Gasteiger partial charge in [-0.3, -0.25) is 19.2 Å². The van der Waals surface area contributed by atoms with Crippen molar-refractivity contribution in [2.24, 2.45) is 7.05 Å². The third-order valence-electron chi connectivity index (χ3n) is 6.92. The number of rotatable bonds is 7. The highest BCUT2D eigenvalue weighted by atomic mass is 32.1. The zero-order valence-electron chi connectivity index (χ0n) is 22.0. The molecule has 0 saturated carbocycles. The van der Waals surface area contributed by atoms with Crippen molar-refractivity contribution in [2.75, 3.05) is 23.7 Å². The molecule has 0 unspecified atom stereocenters. The minimum Gasteiger partial charge on any atom is -0.334 e. The second-order valence-electron chi connectivity index (χ2n) is 9.96. The number of amides is 1. The van der Waals surface area contributed by atoms with Crippen LogP contribution in [0.3, 0.4) is 0 Å². The molecule has 1 saturated heterocycles. The summed E-state index contributed by atoms with van der Waals surface area (Å²) in [7, 11) is 1.69. The fourth-order valence-electron chi connectivity index (χ4n) is 4.82. The molecule has 4 heterocycles. The van der Waals surface area contributed by atoms with Crippen molar-refractivity contribution in [3.8, 4) is 11.3 Å². The molecule has 1 amide bonds. The van der Waals surface area contributed by atoms with E-state index in [0.29, 0.717) is 39.8 Å². The number of nitrogens with one attached hydrogen (secondary N) is 3. The Morgan fingerprint density at radius 3 is 2.68 bits per heavy atom. The summed E-state index contributed by atoms with van der Waals surface area (Å²) >= 11 is 1.31. The predicted molar refractivity (Wildman–Crippen MR) is 151 cm³/mol. The van der Waals surface area contributed by atoms with Gasteiger partial charge in [0, 0.05) is 29.9 Å². The average Bonchev–Trinajstić information content (AvgIpc) is 3.50. The maximum Gasteiger partial charge on any atom is 0.287 e. The number of benzene rings is 2. The van der Waals surface area contributed by atoms with E-state index in [-0.39, 0.29) is 24.5 Å². The largest absolute Gasteiger partial charge is 0.334 e. The number of nitrogens with zero attached hydrogens (tertiary/aromatic N) is 4. The number of hydrogen-bond acceptors (Lipinski definition) is 7. The first-order chi connectivity index (χ1) is 19.6. The van der Waals surface area contributed by atoms with Crippen LogP contribution in [0.4, 0.5) is 30.4 Å². The number of aryl methyl sites for hydroxylation is 1. The van der Waals surface area contributed by atoms with Crippen LogP contribution < -0.4 is 16.2 Å². The number of likely N-dealkylation sites (tertiary alicyclic amines) is 1. The van der Waals surface area contributed by atoms with Gasteiger partial charge in [0.2, 0.25) is 0 Å². The first kappa shape index (κ1) is 26.7. The Hall–Kier alpha value is -4.49. The zero-order chi connectivity index (χ0) is 28.9. The van der Waals surface area contributed by atoms with Crippen molar-refractivity contribution in [3.63, 3.8) is 0 Å². The predicted octanol–water partition coefficient (Wildman–Crippen LogP) is 5.28. The van der Waals surface area contributed by atoms with E-state index in [0.717, 1.165) is 10.1 Å². The van der Waals surface area contributed by atoms with Crippen molar-refractivity contribution in [3.05, 3.63) is 86.9 Å². The first-order valence-electron chi connectivity index (χ1n) is 12.7. The minimum absolute atomic E-state index is 0.0124. The fourth-order valence-corrected chi connectivity index (χ4v) is 5.77. The number of aromatic amines is 1. The van der Waals surface area contributed by atoms with Gasteiger partial charge in [0.05, 0.1) is 35.0 Å². The minimum atomic E-state index is -2.67. The van der Waals surface area contributed by atoms with Crippen LogP contribution in [-0.2, 0) is 13.6 Å². The summed E-state index contributed by atoms with van der Waals surface area (Å²) in [5.41, 5.74) is 1.59. The van der Waals surface area contributed by atoms with Crippen molar-refractivity contribution < 1.29 is 18.0 Å². The Morgan fingerprint density at radius 2 is 1.93 bits per heavy atom. The van der Waals surface area contributed by atoms with Gasteiger partial charge in [-0.15, -0.1) is 11.3 Å². The topological polar surface area (TPSA) is 108 Å². The fraction of sp³-hybridized carbons (Fsp3) is 0.214. The van der Waals surface area contributed by atoms with E-state index in [4.69, 9.17) is 0 Å². The molecule has 2 aromatic carbocycles. The van der Waals surface area contributed by atoms with Gasteiger partial charge in [0.15, 0.2) is 5.82 Å². The number of fused-ring (bicyclic) bond motifs is 1. The Labute approximate surface area is 235 Å². The number of carbonyl (C=O) groups is 1. The Bertz CT molecular complexity index is 1820. The van der Waals surface area contributed by atoms with Crippen LogP contribution in [0.2, 0.25) is 0 Å². The number of anilines is 3. The van der Waals surface area contributed by atoms with Crippen LogP contribution in [0, 0.1) is 12.7 Å². The molecule has 0 radical (unpaired) electrons. The molecule has 210 valence electrons. The normalized spacial score (nSPS) is 14.7. The average molecular weight is 580 g/mol. The highest BCUT2D eigenvalue weighted by Crippen LogP contribution is 2.33. The number of thiophene rings is 1. The Balaban J connectivity index is 1.24. The number of halogens is 3. The van der Waals surface area contributed by atoms with Gasteiger partial charge < -0.3 is 10.6 Å². The molecule has 41 heavy (non-hydrogen) atoms. The lowest BCUT2D eigenvalue weighted by Gasteiger charge is -2.38. The summed E-state index contributed by atoms with van der Waals surface area (Å²) < 4.78 is 43.8. The SMILES string of the molecule is Cc1c(-c2cc(Nc3cc(CN4CC(F)(F)C4)n(C)n3)c(=O)[nH]n2)ccc(F)c1NC(=O)c1cc2ccccc2s1. The molecular formula is C28H24F3N7O2S. The smallest absolute Gasteiger partial charge is 0.287 e. The summed E-state index contributed by atoms with van der Waals surface area (Å²) in [5, 5.41) is 17.5. The van der Waals surface area contributed by atoms with Crippen LogP contribution in [0.5, 0.6) is 0 Å². The lowest BCUT2D eigenvalue weighted by Crippen LogP contribution is -2.55. The summed E-state index contributed by atoms with van der Waals surface area (Å²) in [6.07, 6.45) is 0. The molecule has 1 aliphatic rings. The van der Waals surface area contributed by atoms with E-state index >= 15 is 0 Å². The van der Waals surface area contributed by atoms with E-state index in [1.165, 1.54) is 29.5 Å². The molecule has 0 bridgehead atoms. The Morgan fingerprint density at radius 1 is 1.15 bits per heavy atom. The van der Waals surface area contributed by atoms with Gasteiger partial charge in [-0.25, -0.2) is 18.3 Å². The molecule has 0 spiro atoms. The van der Waals surface area contributed by atoms with Gasteiger partial charge in [-0.2, -0.15) is 10.2 Å². The number of hydrogen-bond donors (Lipinski definition) is 3. The van der Waals surface area contributed by atoms with Crippen LogP contribution >= 0.6 is 11.3 Å². The number of alkyl halides is 2. The zero-order valence-corrected chi connectivity index (χ0v) is 22.8. The highest BCUT2D eigenvalue weighted by Gasteiger charge is 2.43. The van der Waals surface area contributed by atoms with Gasteiger partial charge in [0.25, 0.3) is 17.4 Å². The van der Waals surface area contributed by atoms with Gasteiger partial charge in [0.1, 0.15) is 11.5 Å². The molecule has 5 aromatic rings. The third kappa shape index (κ3) is 5.33. The molecule has 6 rings (SSSR count). The molecular weight excluding hydrogens is 555 g/mol. The maximum atomic E-state index is 14.9. The second-order valence-corrected chi connectivity index (χ2v) is 11.0. The maximum absolute atomic E-state index is 14.9. The lowest BCUT2D eigenvalue weighted by atomic mass is 10.0. The van der Waals surface area contributed by atoms with Gasteiger partial charge in [-0.1, -0.05) is 18.2 Å². The van der Waals surface area contributed by atoms with Gasteiger partial charge in [-0.05, 0) is 48.2 Å². The molecule has 0 atom stereocenters. The molecule has 1 aliphatic heterocycles. The van der Waals surface area contributed by atoms with Crippen LogP contribution in [0.25, 0.3) is 21.3 Å². The van der Waals surface area contributed by atoms with Crippen molar-refractivity contribution in [2.45, 2.75) is 19.4 Å². The molecule has 3 N–H and O–H groups in total. The molecule has 0 aliphatic carbocycles. The summed E-state index contributed by atoms with van der Waals surface area (Å²) in [6.45, 7) is 1.34. The van der Waals surface area contributed by atoms with Crippen LogP contribution in [0.15, 0.2) is 59.4 Å². The van der Waals surface area contributed by atoms with E-state index in [9.17, 15) is 22.8 Å². The second kappa shape index (κ2) is 10.2. The third-order valence-corrected chi connectivity index (χ3v) is 8.03. The molecule has 13 heteroatoms. The van der Waals surface area contributed by atoms with Crippen LogP contribution in [-0.4, -0.2) is 49.8 Å². The lowest BCUT2D eigenvalue weighted by molar-refractivity contribution is -0.134. The number of H-pyrrole nitrogens is 1. The van der Waals surface area contributed by atoms with Crippen molar-refractivity contribution in [1.29, 1.82) is 0 Å². The summed E-state index contributed by atoms with van der Waals surface area (Å²) in [5.74, 6) is -3.36. The molecule has 3 aromatic heterocycles. The number of aromatic nitrogens is 4. The van der Waals surface area contributed by atoms with E-state index in [1.807, 2.05) is 24.3 Å². The standard InChI is InChI=1S/C28H24F3N7O2S/c1-15-18(7-8-19(29)25(15)33-27(40)23-9-16-5-3-4-6-22(16)41-23)20-11-21(26(39)35-34-20)32-24-10-17(37(2)36-24)12-38-13-28(30,31)14-38/h3-11H,12-14H2,1-2H3,(H,33,40)(H,35,39)(H,32,34,36). The first-order valence-corrected chi connectivity index (χ1v) is 13.5. The summed E-state index contributed by atoms with van der Waals surface area (Å²) in [4.78, 5) is 27.6. The molecule has 1 fully saturated rings. The van der Waals surface area contributed by atoms with E-state index in [1.54, 1.807) is 35.7 Å². The monoisotopic (exact) mass is 579 g/mol. The quantitative estimate of drug-likeness (QED) is 0.242. The molecule has 9 nitrogen and oxygen atoms in total. The Kier molecular flexibility index (Phi) is 6.62. The highest BCUT2D eigenvalue weighted by molar-refractivity contribution is 7.20.